The molecule has 0 radical (unpaired) electrons. The van der Waals surface area contributed by atoms with Crippen molar-refractivity contribution in [3.8, 4) is 0 Å². The minimum atomic E-state index is -0.153. The third kappa shape index (κ3) is 6.75. The highest BCUT2D eigenvalue weighted by Gasteiger charge is 2.20. The maximum absolute atomic E-state index is 11.7. The van der Waals surface area contributed by atoms with Gasteiger partial charge in [-0.15, -0.1) is 0 Å². The van der Waals surface area contributed by atoms with Crippen molar-refractivity contribution in [2.24, 2.45) is 10.7 Å². The van der Waals surface area contributed by atoms with E-state index < -0.39 is 0 Å². The monoisotopic (exact) mass is 362 g/mol. The lowest BCUT2D eigenvalue weighted by Gasteiger charge is -2.19. The second-order valence-corrected chi connectivity index (χ2v) is 5.99. The summed E-state index contributed by atoms with van der Waals surface area (Å²) in [5, 5.41) is 0.585. The fraction of sp³-hybridized carbons (Fsp3) is 0.400. The number of hydrogen-bond acceptors (Lipinski definition) is 4. The number of halogens is 1. The summed E-state index contributed by atoms with van der Waals surface area (Å²) in [5.74, 6) is 0.695. The van der Waals surface area contributed by atoms with Gasteiger partial charge in [0, 0.05) is 30.0 Å². The van der Waals surface area contributed by atoms with Gasteiger partial charge in [0.25, 0.3) is 0 Å². The molecule has 0 aromatic heterocycles. The summed E-state index contributed by atoms with van der Waals surface area (Å²) < 4.78 is 5.62. The molecule has 1 aliphatic carbocycles. The van der Waals surface area contributed by atoms with Gasteiger partial charge in [0.15, 0.2) is 5.78 Å². The Balaban J connectivity index is 3.43. The molecule has 1 aliphatic rings. The van der Waals surface area contributed by atoms with E-state index in [2.05, 4.69) is 0 Å². The van der Waals surface area contributed by atoms with Crippen molar-refractivity contribution in [2.45, 2.75) is 47.0 Å². The van der Waals surface area contributed by atoms with Gasteiger partial charge in [0.2, 0.25) is 0 Å². The molecule has 0 spiro atoms. The van der Waals surface area contributed by atoms with Crippen LogP contribution < -0.4 is 5.73 Å². The molecule has 0 saturated carbocycles. The second-order valence-electron chi connectivity index (χ2n) is 5.56. The molecule has 5 heteroatoms. The Hall–Kier alpha value is -2.07. The number of carbonyl (C=O) groups excluding carboxylic acids is 1. The van der Waals surface area contributed by atoms with E-state index in [0.717, 1.165) is 23.5 Å². The lowest BCUT2D eigenvalue weighted by molar-refractivity contribution is -0.113. The number of allylic oxidation sites excluding steroid dienone is 9. The topological polar surface area (TPSA) is 64.7 Å². The van der Waals surface area contributed by atoms with Crippen LogP contribution in [-0.4, -0.2) is 18.1 Å². The van der Waals surface area contributed by atoms with Crippen molar-refractivity contribution >= 4 is 23.1 Å². The van der Waals surface area contributed by atoms with Crippen LogP contribution in [-0.2, 0) is 9.53 Å². The normalized spacial score (nSPS) is 20.0. The number of ketones is 1. The van der Waals surface area contributed by atoms with Gasteiger partial charge in [-0.2, -0.15) is 0 Å². The van der Waals surface area contributed by atoms with E-state index >= 15 is 0 Å². The van der Waals surface area contributed by atoms with Crippen molar-refractivity contribution in [2.75, 3.05) is 6.61 Å². The summed E-state index contributed by atoms with van der Waals surface area (Å²) in [4.78, 5) is 16.4. The van der Waals surface area contributed by atoms with Crippen LogP contribution in [0.2, 0.25) is 0 Å². The molecular weight excluding hydrogens is 336 g/mol. The molecule has 0 bridgehead atoms. The number of carbonyl (C=O) groups is 1. The average molecular weight is 363 g/mol. The van der Waals surface area contributed by atoms with Crippen LogP contribution in [0.5, 0.6) is 0 Å². The van der Waals surface area contributed by atoms with Gasteiger partial charge in [-0.1, -0.05) is 30.7 Å². The van der Waals surface area contributed by atoms with Gasteiger partial charge in [0.05, 0.1) is 29.5 Å². The number of nitrogens with zero attached hydrogens (tertiary/aromatic N) is 1. The zero-order valence-corrected chi connectivity index (χ0v) is 16.2. The van der Waals surface area contributed by atoms with E-state index in [9.17, 15) is 4.79 Å². The van der Waals surface area contributed by atoms with E-state index in [1.54, 1.807) is 12.2 Å². The fourth-order valence-corrected chi connectivity index (χ4v) is 2.64. The predicted octanol–water partition coefficient (Wildman–Crippen LogP) is 4.94. The van der Waals surface area contributed by atoms with Crippen LogP contribution in [0.25, 0.3) is 0 Å². The van der Waals surface area contributed by atoms with Gasteiger partial charge in [-0.3, -0.25) is 4.79 Å². The summed E-state index contributed by atoms with van der Waals surface area (Å²) in [6.45, 7) is 7.92. The van der Waals surface area contributed by atoms with Crippen molar-refractivity contribution < 1.29 is 9.53 Å². The molecule has 0 aromatic rings. The average Bonchev–Trinajstić information content (AvgIpc) is 2.55. The molecule has 0 saturated heterocycles. The number of Topliss-reactive ketones (excluding diaryl/α,β-unsaturated/α-hetero) is 1. The van der Waals surface area contributed by atoms with E-state index in [4.69, 9.17) is 27.1 Å². The summed E-state index contributed by atoms with van der Waals surface area (Å²) in [5.41, 5.74) is 8.40. The molecule has 4 nitrogen and oxygen atoms in total. The van der Waals surface area contributed by atoms with E-state index in [1.165, 1.54) is 6.92 Å². The first kappa shape index (κ1) is 21.0. The van der Waals surface area contributed by atoms with Crippen LogP contribution in [0, 0.1) is 0 Å². The molecule has 0 aliphatic heterocycles. The first-order chi connectivity index (χ1) is 11.9. The van der Waals surface area contributed by atoms with Crippen LogP contribution in [0.15, 0.2) is 63.1 Å². The van der Waals surface area contributed by atoms with Crippen LogP contribution in [0.4, 0.5) is 0 Å². The Morgan fingerprint density at radius 1 is 1.40 bits per heavy atom. The Morgan fingerprint density at radius 3 is 2.68 bits per heavy atom. The first-order valence-corrected chi connectivity index (χ1v) is 8.92. The minimum absolute atomic E-state index is 0.153. The Morgan fingerprint density at radius 2 is 2.12 bits per heavy atom. The first-order valence-electron chi connectivity index (χ1n) is 8.54. The smallest absolute Gasteiger partial charge is 0.175 e. The highest BCUT2D eigenvalue weighted by Crippen LogP contribution is 2.25. The Kier molecular flexibility index (Phi) is 9.00. The Labute approximate surface area is 155 Å². The molecule has 0 heterocycles. The zero-order chi connectivity index (χ0) is 18.8. The molecule has 0 amide bonds. The molecule has 0 fully saturated rings. The van der Waals surface area contributed by atoms with Crippen molar-refractivity contribution in [1.29, 1.82) is 0 Å². The minimum Gasteiger partial charge on any atom is -0.498 e. The maximum atomic E-state index is 11.7. The van der Waals surface area contributed by atoms with Gasteiger partial charge < -0.3 is 10.5 Å². The molecule has 136 valence electrons. The maximum Gasteiger partial charge on any atom is 0.175 e. The lowest BCUT2D eigenvalue weighted by Crippen LogP contribution is -2.19. The van der Waals surface area contributed by atoms with Gasteiger partial charge in [-0.25, -0.2) is 4.99 Å². The van der Waals surface area contributed by atoms with E-state index in [1.807, 2.05) is 39.0 Å². The number of ether oxygens (including phenoxy) is 1. The molecule has 2 N–H and O–H groups in total. The summed E-state index contributed by atoms with van der Waals surface area (Å²) in [7, 11) is 0. The summed E-state index contributed by atoms with van der Waals surface area (Å²) in [6.07, 6.45) is 11.4. The second kappa shape index (κ2) is 10.7. The quantitative estimate of drug-likeness (QED) is 0.515. The van der Waals surface area contributed by atoms with Crippen LogP contribution in [0.1, 0.15) is 47.0 Å². The Bertz CT molecular complexity index is 680. The molecule has 1 rings (SSSR count). The predicted molar refractivity (Wildman–Crippen MR) is 105 cm³/mol. The summed E-state index contributed by atoms with van der Waals surface area (Å²) >= 11 is 6.19. The number of aliphatic imine (C=N–C) groups is 1. The number of rotatable bonds is 7. The fourth-order valence-electron chi connectivity index (χ4n) is 2.41. The standard InChI is InChI=1S/C20H27ClN2O2/c1-5-8-15(21)12-16(9-6-2)23-19-13-17(25-7-3)10-11-18(19)20(22)14(4)24/h5,8-9,12-13H,6-7,10-11,22H2,1-4H3/b8-5-,15-12+,16-9+,20-18-,23-19-. The van der Waals surface area contributed by atoms with Crippen molar-refractivity contribution in [3.05, 3.63) is 58.1 Å². The molecule has 0 unspecified atom stereocenters. The number of hydrogen-bond donors (Lipinski definition) is 1. The van der Waals surface area contributed by atoms with E-state index in [-0.39, 0.29) is 11.5 Å². The van der Waals surface area contributed by atoms with Crippen molar-refractivity contribution in [1.82, 2.24) is 0 Å². The highest BCUT2D eigenvalue weighted by molar-refractivity contribution is 6.31. The zero-order valence-electron chi connectivity index (χ0n) is 15.4. The van der Waals surface area contributed by atoms with Crippen molar-refractivity contribution in [3.63, 3.8) is 0 Å². The molecular formula is C20H27ClN2O2. The van der Waals surface area contributed by atoms with Gasteiger partial charge in [0.1, 0.15) is 0 Å². The SMILES string of the molecule is C\C=C/C(Cl)=C\C(=C/CC)\N=C1\C=C(OCC)CC\C1=C(\N)C(C)=O. The number of nitrogens with two attached hydrogens (primary N) is 1. The highest BCUT2D eigenvalue weighted by atomic mass is 35.5. The van der Waals surface area contributed by atoms with Gasteiger partial charge >= 0.3 is 0 Å². The largest absolute Gasteiger partial charge is 0.498 e. The third-order valence-corrected chi connectivity index (χ3v) is 3.77. The van der Waals surface area contributed by atoms with Crippen LogP contribution >= 0.6 is 11.6 Å². The molecule has 25 heavy (non-hydrogen) atoms. The third-order valence-electron chi connectivity index (χ3n) is 3.54. The lowest BCUT2D eigenvalue weighted by atomic mass is 9.94. The molecule has 0 aromatic carbocycles. The van der Waals surface area contributed by atoms with Crippen LogP contribution in [0.3, 0.4) is 0 Å². The molecule has 0 atom stereocenters. The van der Waals surface area contributed by atoms with E-state index in [0.29, 0.717) is 30.2 Å². The van der Waals surface area contributed by atoms with Gasteiger partial charge in [-0.05, 0) is 38.8 Å². The summed E-state index contributed by atoms with van der Waals surface area (Å²) in [6, 6.07) is 0.